The van der Waals surface area contributed by atoms with Crippen molar-refractivity contribution in [2.24, 2.45) is 5.41 Å². The highest BCUT2D eigenvalue weighted by molar-refractivity contribution is 5.79. The van der Waals surface area contributed by atoms with E-state index >= 15 is 0 Å². The molecule has 3 nitrogen and oxygen atoms in total. The predicted octanol–water partition coefficient (Wildman–Crippen LogP) is 3.24. The molecule has 0 aliphatic carbocycles. The zero-order valence-electron chi connectivity index (χ0n) is 12.7. The van der Waals surface area contributed by atoms with Gasteiger partial charge >= 0.3 is 0 Å². The first-order valence-electron chi connectivity index (χ1n) is 7.71. The van der Waals surface area contributed by atoms with Gasteiger partial charge in [-0.1, -0.05) is 38.8 Å². The summed E-state index contributed by atoms with van der Waals surface area (Å²) in [5, 5.41) is 0. The van der Waals surface area contributed by atoms with Crippen molar-refractivity contribution in [3.05, 3.63) is 29.8 Å². The van der Waals surface area contributed by atoms with Gasteiger partial charge < -0.3 is 10.6 Å². The van der Waals surface area contributed by atoms with Gasteiger partial charge in [-0.05, 0) is 36.0 Å². The number of benzene rings is 1. The van der Waals surface area contributed by atoms with E-state index in [1.165, 1.54) is 12.8 Å². The largest absolute Gasteiger partial charge is 0.399 e. The van der Waals surface area contributed by atoms with Crippen molar-refractivity contribution in [3.8, 4) is 0 Å². The molecule has 1 saturated heterocycles. The van der Waals surface area contributed by atoms with Crippen molar-refractivity contribution >= 4 is 11.6 Å². The molecular formula is C17H26N2O. The highest BCUT2D eigenvalue weighted by Gasteiger charge is 2.32. The van der Waals surface area contributed by atoms with Crippen LogP contribution in [0.3, 0.4) is 0 Å². The molecule has 0 aromatic heterocycles. The van der Waals surface area contributed by atoms with Crippen molar-refractivity contribution in [2.45, 2.75) is 46.0 Å². The third-order valence-electron chi connectivity index (χ3n) is 4.98. The van der Waals surface area contributed by atoms with E-state index in [1.807, 2.05) is 29.2 Å². The van der Waals surface area contributed by atoms with Gasteiger partial charge in [0.05, 0.1) is 6.42 Å². The second kappa shape index (κ2) is 6.29. The Morgan fingerprint density at radius 2 is 1.90 bits per heavy atom. The molecule has 3 heteroatoms. The van der Waals surface area contributed by atoms with Gasteiger partial charge in [0.25, 0.3) is 0 Å². The van der Waals surface area contributed by atoms with E-state index < -0.39 is 0 Å². The molecule has 1 aliphatic rings. The zero-order valence-corrected chi connectivity index (χ0v) is 12.7. The van der Waals surface area contributed by atoms with Crippen LogP contribution in [0.5, 0.6) is 0 Å². The van der Waals surface area contributed by atoms with Crippen molar-refractivity contribution in [3.63, 3.8) is 0 Å². The molecular weight excluding hydrogens is 248 g/mol. The summed E-state index contributed by atoms with van der Waals surface area (Å²) in [6.45, 7) is 6.35. The van der Waals surface area contributed by atoms with Gasteiger partial charge in [0.2, 0.25) is 5.91 Å². The molecule has 0 radical (unpaired) electrons. The van der Waals surface area contributed by atoms with Crippen LogP contribution in [0.2, 0.25) is 0 Å². The number of nitrogens with zero attached hydrogens (tertiary/aromatic N) is 1. The molecule has 0 atom stereocenters. The average molecular weight is 274 g/mol. The lowest BCUT2D eigenvalue weighted by Gasteiger charge is -2.41. The van der Waals surface area contributed by atoms with Gasteiger partial charge in [0.15, 0.2) is 0 Å². The second-order valence-electron chi connectivity index (χ2n) is 6.01. The first-order chi connectivity index (χ1) is 9.58. The summed E-state index contributed by atoms with van der Waals surface area (Å²) in [4.78, 5) is 14.4. The maximum atomic E-state index is 12.4. The lowest BCUT2D eigenvalue weighted by molar-refractivity contribution is -0.132. The normalized spacial score (nSPS) is 18.0. The van der Waals surface area contributed by atoms with Gasteiger partial charge in [-0.3, -0.25) is 4.79 Å². The fraction of sp³-hybridized carbons (Fsp3) is 0.588. The molecule has 1 amide bonds. The number of amides is 1. The van der Waals surface area contributed by atoms with Gasteiger partial charge in [-0.2, -0.15) is 0 Å². The van der Waals surface area contributed by atoms with Crippen LogP contribution >= 0.6 is 0 Å². The summed E-state index contributed by atoms with van der Waals surface area (Å²) in [5.74, 6) is 0.233. The Bertz CT molecular complexity index is 456. The minimum Gasteiger partial charge on any atom is -0.399 e. The average Bonchev–Trinajstić information content (AvgIpc) is 2.47. The number of likely N-dealkylation sites (tertiary alicyclic amines) is 1. The molecule has 1 aromatic rings. The van der Waals surface area contributed by atoms with E-state index in [9.17, 15) is 4.79 Å². The molecule has 1 aromatic carbocycles. The Labute approximate surface area is 122 Å². The van der Waals surface area contributed by atoms with Crippen LogP contribution in [0.15, 0.2) is 24.3 Å². The zero-order chi connectivity index (χ0) is 14.6. The first-order valence-corrected chi connectivity index (χ1v) is 7.71. The Balaban J connectivity index is 1.92. The van der Waals surface area contributed by atoms with Crippen LogP contribution in [0.1, 0.15) is 45.1 Å². The van der Waals surface area contributed by atoms with E-state index in [0.29, 0.717) is 11.8 Å². The Morgan fingerprint density at radius 3 is 2.45 bits per heavy atom. The van der Waals surface area contributed by atoms with Crippen molar-refractivity contribution in [1.82, 2.24) is 4.90 Å². The van der Waals surface area contributed by atoms with Crippen LogP contribution in [-0.4, -0.2) is 23.9 Å². The lowest BCUT2D eigenvalue weighted by Crippen LogP contribution is -2.43. The number of nitrogens with two attached hydrogens (primary N) is 1. The molecule has 1 heterocycles. The highest BCUT2D eigenvalue weighted by Crippen LogP contribution is 2.37. The van der Waals surface area contributed by atoms with Gasteiger partial charge in [-0.15, -0.1) is 0 Å². The van der Waals surface area contributed by atoms with E-state index in [1.54, 1.807) is 0 Å². The molecule has 0 saturated carbocycles. The SMILES string of the molecule is CCC1(CC)CCN(C(=O)Cc2cccc(N)c2)CC1. The summed E-state index contributed by atoms with van der Waals surface area (Å²) >= 11 is 0. The number of nitrogen functional groups attached to an aromatic ring is 1. The monoisotopic (exact) mass is 274 g/mol. The van der Waals surface area contributed by atoms with Crippen molar-refractivity contribution < 1.29 is 4.79 Å². The molecule has 0 unspecified atom stereocenters. The summed E-state index contributed by atoms with van der Waals surface area (Å²) < 4.78 is 0. The van der Waals surface area contributed by atoms with Crippen LogP contribution in [-0.2, 0) is 11.2 Å². The van der Waals surface area contributed by atoms with Crippen LogP contribution in [0.4, 0.5) is 5.69 Å². The Kier molecular flexibility index (Phi) is 4.69. The minimum atomic E-state index is 0.233. The van der Waals surface area contributed by atoms with Gasteiger partial charge in [-0.25, -0.2) is 0 Å². The molecule has 0 spiro atoms. The third-order valence-corrected chi connectivity index (χ3v) is 4.98. The second-order valence-corrected chi connectivity index (χ2v) is 6.01. The molecule has 110 valence electrons. The number of rotatable bonds is 4. The Hall–Kier alpha value is -1.51. The molecule has 1 fully saturated rings. The fourth-order valence-electron chi connectivity index (χ4n) is 3.18. The summed E-state index contributed by atoms with van der Waals surface area (Å²) in [7, 11) is 0. The van der Waals surface area contributed by atoms with Crippen LogP contribution < -0.4 is 5.73 Å². The summed E-state index contributed by atoms with van der Waals surface area (Å²) in [6, 6.07) is 7.63. The van der Waals surface area contributed by atoms with E-state index in [-0.39, 0.29) is 5.91 Å². The Morgan fingerprint density at radius 1 is 1.25 bits per heavy atom. The lowest BCUT2D eigenvalue weighted by atomic mass is 9.74. The molecule has 2 rings (SSSR count). The number of carbonyl (C=O) groups is 1. The van der Waals surface area contributed by atoms with Crippen molar-refractivity contribution in [2.75, 3.05) is 18.8 Å². The summed E-state index contributed by atoms with van der Waals surface area (Å²) in [6.07, 6.45) is 5.20. The molecule has 0 bridgehead atoms. The minimum absolute atomic E-state index is 0.233. The van der Waals surface area contributed by atoms with Crippen LogP contribution in [0.25, 0.3) is 0 Å². The number of hydrogen-bond donors (Lipinski definition) is 1. The maximum Gasteiger partial charge on any atom is 0.226 e. The van der Waals surface area contributed by atoms with E-state index in [4.69, 9.17) is 5.73 Å². The van der Waals surface area contributed by atoms with Crippen molar-refractivity contribution in [1.29, 1.82) is 0 Å². The summed E-state index contributed by atoms with van der Waals surface area (Å²) in [5.41, 5.74) is 7.96. The fourth-order valence-corrected chi connectivity index (χ4v) is 3.18. The molecule has 20 heavy (non-hydrogen) atoms. The maximum absolute atomic E-state index is 12.4. The first kappa shape index (κ1) is 14.9. The quantitative estimate of drug-likeness (QED) is 0.857. The molecule has 1 aliphatic heterocycles. The predicted molar refractivity (Wildman–Crippen MR) is 83.4 cm³/mol. The number of anilines is 1. The standard InChI is InChI=1S/C17H26N2O/c1-3-17(4-2)8-10-19(11-9-17)16(20)13-14-6-5-7-15(18)12-14/h5-7,12H,3-4,8-11,13,18H2,1-2H3. The van der Waals surface area contributed by atoms with Gasteiger partial charge in [0.1, 0.15) is 0 Å². The number of piperidine rings is 1. The third kappa shape index (κ3) is 3.33. The smallest absolute Gasteiger partial charge is 0.226 e. The number of hydrogen-bond acceptors (Lipinski definition) is 2. The van der Waals surface area contributed by atoms with Crippen LogP contribution in [0, 0.1) is 5.41 Å². The number of carbonyl (C=O) groups excluding carboxylic acids is 1. The highest BCUT2D eigenvalue weighted by atomic mass is 16.2. The van der Waals surface area contributed by atoms with E-state index in [2.05, 4.69) is 13.8 Å². The topological polar surface area (TPSA) is 46.3 Å². The van der Waals surface area contributed by atoms with Gasteiger partial charge in [0, 0.05) is 18.8 Å². The molecule has 2 N–H and O–H groups in total. The van der Waals surface area contributed by atoms with E-state index in [0.717, 1.165) is 37.2 Å².